The highest BCUT2D eigenvalue weighted by atomic mass is 32.2. The van der Waals surface area contributed by atoms with E-state index in [1.807, 2.05) is 0 Å². The van der Waals surface area contributed by atoms with Crippen molar-refractivity contribution in [2.24, 2.45) is 0 Å². The molecule has 0 amide bonds. The number of halogens is 2. The van der Waals surface area contributed by atoms with E-state index < -0.39 is 21.9 Å². The van der Waals surface area contributed by atoms with Crippen LogP contribution in [0.4, 0.5) is 8.78 Å². The summed E-state index contributed by atoms with van der Waals surface area (Å²) in [5, 5.41) is 0. The second-order valence-corrected chi connectivity index (χ2v) is 7.88. The molecule has 1 fully saturated rings. The number of sulfonamides is 1. The monoisotopic (exact) mass is 351 g/mol. The maximum Gasteiger partial charge on any atom is 0.243 e. The molecule has 1 heterocycles. The van der Waals surface area contributed by atoms with Crippen LogP contribution >= 0.6 is 0 Å². The van der Waals surface area contributed by atoms with Crippen molar-refractivity contribution in [1.82, 2.24) is 4.31 Å². The Labute approximate surface area is 141 Å². The molecule has 1 aliphatic heterocycles. The van der Waals surface area contributed by atoms with E-state index in [9.17, 15) is 17.2 Å². The van der Waals surface area contributed by atoms with Crippen molar-refractivity contribution in [3.8, 4) is 0 Å². The predicted molar refractivity (Wildman–Crippen MR) is 87.9 cm³/mol. The van der Waals surface area contributed by atoms with E-state index in [1.165, 1.54) is 28.6 Å². The molecule has 1 saturated heterocycles. The van der Waals surface area contributed by atoms with Gasteiger partial charge in [-0.1, -0.05) is 25.0 Å². The molecule has 3 rings (SSSR count). The average molecular weight is 351 g/mol. The lowest BCUT2D eigenvalue weighted by atomic mass is 10.0. The summed E-state index contributed by atoms with van der Waals surface area (Å²) in [5.41, 5.74) is 0.655. The second kappa shape index (κ2) is 6.99. The van der Waals surface area contributed by atoms with Gasteiger partial charge in [-0.2, -0.15) is 4.31 Å². The Hall–Kier alpha value is -1.79. The minimum Gasteiger partial charge on any atom is -0.207 e. The maximum absolute atomic E-state index is 13.6. The predicted octanol–water partition coefficient (Wildman–Crippen LogP) is 4.27. The van der Waals surface area contributed by atoms with Crippen LogP contribution in [0.1, 0.15) is 37.3 Å². The summed E-state index contributed by atoms with van der Waals surface area (Å²) in [5.74, 6) is -0.859. The summed E-state index contributed by atoms with van der Waals surface area (Å²) in [6, 6.07) is 10.5. The molecule has 24 heavy (non-hydrogen) atoms. The van der Waals surface area contributed by atoms with Gasteiger partial charge in [0.15, 0.2) is 0 Å². The molecule has 0 unspecified atom stereocenters. The van der Waals surface area contributed by atoms with E-state index in [2.05, 4.69) is 0 Å². The molecule has 0 spiro atoms. The maximum atomic E-state index is 13.6. The number of benzene rings is 2. The van der Waals surface area contributed by atoms with E-state index in [4.69, 9.17) is 0 Å². The van der Waals surface area contributed by atoms with Crippen LogP contribution < -0.4 is 0 Å². The first-order chi connectivity index (χ1) is 11.5. The molecule has 2 aromatic rings. The van der Waals surface area contributed by atoms with E-state index in [0.29, 0.717) is 18.5 Å². The van der Waals surface area contributed by atoms with Gasteiger partial charge in [0.2, 0.25) is 10.0 Å². The molecule has 6 heteroatoms. The molecule has 0 N–H and O–H groups in total. The van der Waals surface area contributed by atoms with Gasteiger partial charge in [-0.05, 0) is 54.8 Å². The zero-order chi connectivity index (χ0) is 17.2. The van der Waals surface area contributed by atoms with Crippen LogP contribution in [0, 0.1) is 11.6 Å². The molecule has 3 nitrogen and oxygen atoms in total. The largest absolute Gasteiger partial charge is 0.243 e. The number of hydrogen-bond donors (Lipinski definition) is 0. The summed E-state index contributed by atoms with van der Waals surface area (Å²) in [4.78, 5) is 0.0622. The first-order valence-electron chi connectivity index (χ1n) is 8.01. The topological polar surface area (TPSA) is 37.4 Å². The van der Waals surface area contributed by atoms with Gasteiger partial charge in [-0.3, -0.25) is 0 Å². The number of hydrogen-bond acceptors (Lipinski definition) is 2. The summed E-state index contributed by atoms with van der Waals surface area (Å²) in [7, 11) is -3.77. The van der Waals surface area contributed by atoms with Crippen LogP contribution in [-0.4, -0.2) is 19.3 Å². The minimum atomic E-state index is -3.77. The Morgan fingerprint density at radius 1 is 0.917 bits per heavy atom. The summed E-state index contributed by atoms with van der Waals surface area (Å²) in [6.07, 6.45) is 3.22. The highest BCUT2D eigenvalue weighted by molar-refractivity contribution is 7.89. The fourth-order valence-electron chi connectivity index (χ4n) is 3.16. The molecule has 1 atom stereocenters. The third kappa shape index (κ3) is 3.49. The van der Waals surface area contributed by atoms with Gasteiger partial charge in [-0.15, -0.1) is 0 Å². The lowest BCUT2D eigenvalue weighted by Gasteiger charge is -2.29. The third-order valence-corrected chi connectivity index (χ3v) is 6.28. The average Bonchev–Trinajstić information content (AvgIpc) is 2.81. The van der Waals surface area contributed by atoms with Crippen molar-refractivity contribution in [2.75, 3.05) is 6.54 Å². The van der Waals surface area contributed by atoms with Crippen molar-refractivity contribution >= 4 is 10.0 Å². The Bertz CT molecular complexity index is 806. The van der Waals surface area contributed by atoms with Crippen molar-refractivity contribution < 1.29 is 17.2 Å². The van der Waals surface area contributed by atoms with Gasteiger partial charge in [0, 0.05) is 6.54 Å². The third-order valence-electron chi connectivity index (χ3n) is 4.36. The van der Waals surface area contributed by atoms with E-state index >= 15 is 0 Å². The first kappa shape index (κ1) is 17.0. The van der Waals surface area contributed by atoms with Gasteiger partial charge < -0.3 is 0 Å². The Morgan fingerprint density at radius 2 is 1.67 bits per heavy atom. The Kier molecular flexibility index (Phi) is 4.96. The van der Waals surface area contributed by atoms with Gasteiger partial charge in [0.05, 0.1) is 10.9 Å². The smallest absolute Gasteiger partial charge is 0.207 e. The van der Waals surface area contributed by atoms with Crippen LogP contribution in [0.2, 0.25) is 0 Å². The molecule has 1 aliphatic rings. The number of nitrogens with zero attached hydrogens (tertiary/aromatic N) is 1. The van der Waals surface area contributed by atoms with Gasteiger partial charge in [0.1, 0.15) is 11.6 Å². The quantitative estimate of drug-likeness (QED) is 0.828. The normalized spacial score (nSPS) is 19.8. The molecular weight excluding hydrogens is 332 g/mol. The summed E-state index contributed by atoms with van der Waals surface area (Å²) < 4.78 is 54.2. The van der Waals surface area contributed by atoms with E-state index in [1.54, 1.807) is 12.1 Å². The molecule has 0 radical (unpaired) electrons. The van der Waals surface area contributed by atoms with Crippen molar-refractivity contribution in [3.05, 3.63) is 65.7 Å². The van der Waals surface area contributed by atoms with Crippen molar-refractivity contribution in [1.29, 1.82) is 0 Å². The standard InChI is InChI=1S/C18H19F2NO2S/c19-15-8-10-17(11-9-15)24(22,23)21-12-3-1-2-7-18(21)14-5-4-6-16(20)13-14/h4-6,8-11,13,18H,1-3,7,12H2/t18-/m0/s1. The van der Waals surface area contributed by atoms with Crippen molar-refractivity contribution in [2.45, 2.75) is 36.6 Å². The van der Waals surface area contributed by atoms with Crippen LogP contribution in [0.25, 0.3) is 0 Å². The molecule has 0 saturated carbocycles. The molecule has 0 aromatic heterocycles. The summed E-state index contributed by atoms with van der Waals surface area (Å²) in [6.45, 7) is 0.376. The lowest BCUT2D eigenvalue weighted by molar-refractivity contribution is 0.328. The van der Waals surface area contributed by atoms with Crippen LogP contribution in [-0.2, 0) is 10.0 Å². The van der Waals surface area contributed by atoms with E-state index in [-0.39, 0.29) is 10.7 Å². The summed E-state index contributed by atoms with van der Waals surface area (Å²) >= 11 is 0. The highest BCUT2D eigenvalue weighted by Gasteiger charge is 2.33. The van der Waals surface area contributed by atoms with Gasteiger partial charge in [-0.25, -0.2) is 17.2 Å². The SMILES string of the molecule is O=S(=O)(c1ccc(F)cc1)N1CCCCC[C@H]1c1cccc(F)c1. The first-order valence-corrected chi connectivity index (χ1v) is 9.45. The van der Waals surface area contributed by atoms with Gasteiger partial charge in [0.25, 0.3) is 0 Å². The highest BCUT2D eigenvalue weighted by Crippen LogP contribution is 2.34. The molecule has 128 valence electrons. The second-order valence-electron chi connectivity index (χ2n) is 5.99. The zero-order valence-corrected chi connectivity index (χ0v) is 14.0. The fraction of sp³-hybridized carbons (Fsp3) is 0.333. The molecule has 0 bridgehead atoms. The lowest BCUT2D eigenvalue weighted by Crippen LogP contribution is -2.34. The van der Waals surface area contributed by atoms with E-state index in [0.717, 1.165) is 31.4 Å². The minimum absolute atomic E-state index is 0.0622. The zero-order valence-electron chi connectivity index (χ0n) is 13.2. The Morgan fingerprint density at radius 3 is 2.38 bits per heavy atom. The van der Waals surface area contributed by atoms with Crippen LogP contribution in [0.3, 0.4) is 0 Å². The van der Waals surface area contributed by atoms with Crippen LogP contribution in [0.5, 0.6) is 0 Å². The fourth-order valence-corrected chi connectivity index (χ4v) is 4.84. The number of rotatable bonds is 3. The van der Waals surface area contributed by atoms with Crippen molar-refractivity contribution in [3.63, 3.8) is 0 Å². The van der Waals surface area contributed by atoms with Gasteiger partial charge >= 0.3 is 0 Å². The molecule has 2 aromatic carbocycles. The van der Waals surface area contributed by atoms with Crippen LogP contribution in [0.15, 0.2) is 53.4 Å². The molecular formula is C18H19F2NO2S. The molecule has 0 aliphatic carbocycles. The Balaban J connectivity index is 2.02.